The average molecular weight is 224 g/mol. The van der Waals surface area contributed by atoms with Crippen molar-refractivity contribution in [3.05, 3.63) is 30.1 Å². The van der Waals surface area contributed by atoms with Gasteiger partial charge in [-0.2, -0.15) is 0 Å². The Morgan fingerprint density at radius 3 is 2.73 bits per heavy atom. The number of rotatable bonds is 3. The molecule has 1 aromatic rings. The second-order valence-corrected chi connectivity index (χ2v) is 3.92. The molecule has 0 spiro atoms. The molecule has 0 radical (unpaired) electrons. The summed E-state index contributed by atoms with van der Waals surface area (Å²) in [5.74, 6) is 0.648. The van der Waals surface area contributed by atoms with E-state index in [1.165, 1.54) is 12.4 Å². The summed E-state index contributed by atoms with van der Waals surface area (Å²) in [7, 11) is 0. The molecule has 0 aliphatic heterocycles. The van der Waals surface area contributed by atoms with Crippen LogP contribution in [0.5, 0.6) is 0 Å². The molecule has 0 aliphatic carbocycles. The van der Waals surface area contributed by atoms with Crippen LogP contribution in [0.15, 0.2) is 24.5 Å². The number of allylic oxidation sites excluding steroid dienone is 1. The molecular weight excluding hydrogens is 208 g/mol. The molecule has 0 aromatic carbocycles. The van der Waals surface area contributed by atoms with Gasteiger partial charge in [0.15, 0.2) is 6.21 Å². The van der Waals surface area contributed by atoms with Crippen LogP contribution in [0, 0.1) is 0 Å². The highest BCUT2D eigenvalue weighted by Gasteiger charge is 2.11. The minimum absolute atomic E-state index is 0.00162. The van der Waals surface area contributed by atoms with Gasteiger partial charge in [0.1, 0.15) is 5.37 Å². The lowest BCUT2D eigenvalue weighted by Crippen LogP contribution is -2.38. The van der Waals surface area contributed by atoms with Crippen molar-refractivity contribution < 1.29 is 9.98 Å². The van der Waals surface area contributed by atoms with Crippen LogP contribution in [-0.2, 0) is 0 Å². The fraction of sp³-hybridized carbons (Fsp3) is 0.200. The second-order valence-electron chi connectivity index (χ2n) is 3.17. The van der Waals surface area contributed by atoms with E-state index in [0.29, 0.717) is 5.82 Å². The van der Waals surface area contributed by atoms with Crippen LogP contribution in [0.3, 0.4) is 0 Å². The maximum Gasteiger partial charge on any atom is 0.273 e. The van der Waals surface area contributed by atoms with Crippen molar-refractivity contribution in [3.63, 3.8) is 0 Å². The fourth-order valence-electron chi connectivity index (χ4n) is 1.27. The molecular formula is C10H16N4S+2. The second kappa shape index (κ2) is 4.84. The largest absolute Gasteiger partial charge is 0.404 e. The summed E-state index contributed by atoms with van der Waals surface area (Å²) < 4.78 is 1.84. The smallest absolute Gasteiger partial charge is 0.273 e. The summed E-state index contributed by atoms with van der Waals surface area (Å²) in [5, 5.41) is 5.45. The van der Waals surface area contributed by atoms with Crippen molar-refractivity contribution in [1.82, 2.24) is 0 Å². The number of nitrogen functional groups attached to an aromatic ring is 1. The molecule has 1 heterocycles. The first kappa shape index (κ1) is 11.6. The Bertz CT molecular complexity index is 398. The van der Waals surface area contributed by atoms with Crippen molar-refractivity contribution in [1.29, 1.82) is 0 Å². The van der Waals surface area contributed by atoms with E-state index in [9.17, 15) is 0 Å². The molecule has 0 saturated carbocycles. The molecule has 0 fully saturated rings. The predicted molar refractivity (Wildman–Crippen MR) is 64.9 cm³/mol. The van der Waals surface area contributed by atoms with E-state index in [-0.39, 0.29) is 5.37 Å². The van der Waals surface area contributed by atoms with Gasteiger partial charge in [0.05, 0.1) is 11.8 Å². The minimum Gasteiger partial charge on any atom is -0.404 e. The zero-order valence-corrected chi connectivity index (χ0v) is 9.49. The Kier molecular flexibility index (Phi) is 3.74. The van der Waals surface area contributed by atoms with Gasteiger partial charge in [0, 0.05) is 17.8 Å². The zero-order valence-electron chi connectivity index (χ0n) is 8.59. The van der Waals surface area contributed by atoms with Crippen molar-refractivity contribution in [3.8, 4) is 0 Å². The van der Waals surface area contributed by atoms with Gasteiger partial charge in [-0.3, -0.25) is 11.1 Å². The molecule has 1 unspecified atom stereocenters. The van der Waals surface area contributed by atoms with E-state index in [1.807, 2.05) is 23.8 Å². The number of nitrogens with two attached hydrogens (primary N) is 3. The van der Waals surface area contributed by atoms with Gasteiger partial charge in [0.25, 0.3) is 5.82 Å². The molecule has 0 aliphatic rings. The highest BCUT2D eigenvalue weighted by atomic mass is 32.1. The summed E-state index contributed by atoms with van der Waals surface area (Å²) in [6, 6.07) is 3.67. The monoisotopic (exact) mass is 224 g/mol. The molecule has 80 valence electrons. The molecule has 1 atom stereocenters. The van der Waals surface area contributed by atoms with Gasteiger partial charge in [0.2, 0.25) is 0 Å². The van der Waals surface area contributed by atoms with Crippen LogP contribution >= 0.6 is 12.6 Å². The van der Waals surface area contributed by atoms with Crippen LogP contribution in [0.25, 0.3) is 5.57 Å². The summed E-state index contributed by atoms with van der Waals surface area (Å²) in [6.07, 6.45) is 4.78. The van der Waals surface area contributed by atoms with Gasteiger partial charge in [-0.05, 0) is 13.0 Å². The van der Waals surface area contributed by atoms with Gasteiger partial charge in [-0.1, -0.05) is 0 Å². The van der Waals surface area contributed by atoms with Gasteiger partial charge >= 0.3 is 0 Å². The Hall–Kier alpha value is -1.49. The first-order chi connectivity index (χ1) is 7.10. The lowest BCUT2D eigenvalue weighted by atomic mass is 10.1. The highest BCUT2D eigenvalue weighted by molar-refractivity contribution is 7.80. The van der Waals surface area contributed by atoms with E-state index in [4.69, 9.17) is 16.9 Å². The van der Waals surface area contributed by atoms with E-state index >= 15 is 0 Å². The van der Waals surface area contributed by atoms with E-state index in [1.54, 1.807) is 6.07 Å². The molecule has 6 N–H and O–H groups in total. The number of pyridine rings is 1. The lowest BCUT2D eigenvalue weighted by molar-refractivity contribution is -0.682. The van der Waals surface area contributed by atoms with E-state index < -0.39 is 0 Å². The Morgan fingerprint density at radius 2 is 2.27 bits per heavy atom. The number of aromatic nitrogens is 1. The predicted octanol–water partition coefficient (Wildman–Crippen LogP) is -0.866. The fourth-order valence-corrected chi connectivity index (χ4v) is 1.47. The highest BCUT2D eigenvalue weighted by Crippen LogP contribution is 2.12. The molecule has 0 saturated heterocycles. The van der Waals surface area contributed by atoms with Gasteiger partial charge < -0.3 is 5.73 Å². The molecule has 0 bridgehead atoms. The van der Waals surface area contributed by atoms with E-state index in [2.05, 4.69) is 12.6 Å². The molecule has 5 heteroatoms. The van der Waals surface area contributed by atoms with Crippen LogP contribution in [0.2, 0.25) is 0 Å². The van der Waals surface area contributed by atoms with E-state index in [0.717, 1.165) is 11.1 Å². The van der Waals surface area contributed by atoms with Crippen LogP contribution in [-0.4, -0.2) is 6.21 Å². The quantitative estimate of drug-likeness (QED) is 0.306. The van der Waals surface area contributed by atoms with Gasteiger partial charge in [-0.15, -0.1) is 12.6 Å². The molecule has 15 heavy (non-hydrogen) atoms. The van der Waals surface area contributed by atoms with Gasteiger partial charge in [-0.25, -0.2) is 4.57 Å². The van der Waals surface area contributed by atoms with Crippen LogP contribution < -0.4 is 21.4 Å². The summed E-state index contributed by atoms with van der Waals surface area (Å²) in [4.78, 5) is 0. The summed E-state index contributed by atoms with van der Waals surface area (Å²) in [5.41, 5.74) is 12.9. The SMILES string of the molecule is CC(S)[n+]1cc(/C(C=[NH2+])=C/N)ccc1N. The third-order valence-electron chi connectivity index (χ3n) is 2.10. The normalized spacial score (nSPS) is 13.6. The average Bonchev–Trinajstić information content (AvgIpc) is 2.21. The van der Waals surface area contributed by atoms with Crippen molar-refractivity contribution in [2.75, 3.05) is 5.73 Å². The Morgan fingerprint density at radius 1 is 1.60 bits per heavy atom. The number of nitrogens with zero attached hydrogens (tertiary/aromatic N) is 1. The number of hydrogen-bond acceptors (Lipinski definition) is 3. The lowest BCUT2D eigenvalue weighted by Gasteiger charge is -2.07. The zero-order chi connectivity index (χ0) is 11.4. The maximum absolute atomic E-state index is 5.80. The number of anilines is 1. The third-order valence-corrected chi connectivity index (χ3v) is 2.35. The Balaban J connectivity index is 3.24. The first-order valence-electron chi connectivity index (χ1n) is 4.56. The van der Waals surface area contributed by atoms with Crippen LogP contribution in [0.4, 0.5) is 5.82 Å². The maximum atomic E-state index is 5.80. The van der Waals surface area contributed by atoms with Crippen LogP contribution in [0.1, 0.15) is 17.9 Å². The number of thiol groups is 1. The summed E-state index contributed by atoms with van der Waals surface area (Å²) >= 11 is 4.32. The third kappa shape index (κ3) is 2.50. The Labute approximate surface area is 94.5 Å². The topological polar surface area (TPSA) is 81.5 Å². The summed E-state index contributed by atoms with van der Waals surface area (Å²) in [6.45, 7) is 1.93. The molecule has 1 aromatic heterocycles. The molecule has 4 nitrogen and oxygen atoms in total. The standard InChI is InChI=1S/C10H14N4S/c1-7(15)14-6-8(2-3-10(14)13)9(4-11)5-12/h2-7,13H,1H3,(H4,11,12,15)/p+2. The minimum atomic E-state index is 0.00162. The first-order valence-corrected chi connectivity index (χ1v) is 5.07. The molecule has 1 rings (SSSR count). The van der Waals surface area contributed by atoms with Crippen molar-refractivity contribution >= 4 is 30.2 Å². The van der Waals surface area contributed by atoms with Crippen molar-refractivity contribution in [2.45, 2.75) is 12.3 Å². The number of hydrogen-bond donors (Lipinski definition) is 4. The van der Waals surface area contributed by atoms with Crippen molar-refractivity contribution in [2.24, 2.45) is 5.73 Å². The molecule has 0 amide bonds.